The lowest BCUT2D eigenvalue weighted by atomic mass is 10.1. The van der Waals surface area contributed by atoms with Crippen molar-refractivity contribution < 1.29 is 14.0 Å². The number of hydrogen-bond acceptors (Lipinski definition) is 2. The van der Waals surface area contributed by atoms with Gasteiger partial charge in [-0.15, -0.1) is 0 Å². The molecule has 0 radical (unpaired) electrons. The van der Waals surface area contributed by atoms with E-state index in [9.17, 15) is 14.0 Å². The molecule has 0 bridgehead atoms. The normalized spacial score (nSPS) is 15.1. The summed E-state index contributed by atoms with van der Waals surface area (Å²) in [6, 6.07) is 15.3. The number of carbonyl (C=O) groups is 2. The van der Waals surface area contributed by atoms with Gasteiger partial charge < -0.3 is 10.2 Å². The minimum absolute atomic E-state index is 0.0945. The molecule has 1 aliphatic rings. The Labute approximate surface area is 172 Å². The molecule has 29 heavy (non-hydrogen) atoms. The standard InChI is InChI=1S/C24H29FN2O2/c1-2-22(24(29)26-21-10-6-7-11-21)27(17-19-12-14-20(25)15-13-19)23(28)16-18-8-4-3-5-9-18/h3-5,8-9,12-15,21-22H,2,6-7,10-11,16-17H2,1H3,(H,26,29)/t22-/m0/s1. The smallest absolute Gasteiger partial charge is 0.243 e. The molecule has 0 saturated heterocycles. The van der Waals surface area contributed by atoms with Gasteiger partial charge in [0, 0.05) is 12.6 Å². The number of carbonyl (C=O) groups excluding carboxylic acids is 2. The van der Waals surface area contributed by atoms with E-state index < -0.39 is 6.04 Å². The molecule has 1 aliphatic carbocycles. The lowest BCUT2D eigenvalue weighted by Gasteiger charge is -2.31. The van der Waals surface area contributed by atoms with E-state index in [1.807, 2.05) is 37.3 Å². The van der Waals surface area contributed by atoms with Gasteiger partial charge in [0.15, 0.2) is 0 Å². The number of hydrogen-bond donors (Lipinski definition) is 1. The van der Waals surface area contributed by atoms with Crippen LogP contribution in [0.15, 0.2) is 54.6 Å². The van der Waals surface area contributed by atoms with Crippen molar-refractivity contribution in [3.8, 4) is 0 Å². The van der Waals surface area contributed by atoms with E-state index in [-0.39, 0.29) is 36.6 Å². The maximum Gasteiger partial charge on any atom is 0.243 e. The summed E-state index contributed by atoms with van der Waals surface area (Å²) >= 11 is 0. The van der Waals surface area contributed by atoms with Crippen LogP contribution < -0.4 is 5.32 Å². The van der Waals surface area contributed by atoms with Crippen molar-refractivity contribution in [1.29, 1.82) is 0 Å². The number of benzene rings is 2. The number of rotatable bonds is 8. The Morgan fingerprint density at radius 3 is 2.31 bits per heavy atom. The van der Waals surface area contributed by atoms with Gasteiger partial charge >= 0.3 is 0 Å². The van der Waals surface area contributed by atoms with Crippen LogP contribution in [0.4, 0.5) is 4.39 Å². The SMILES string of the molecule is CC[C@@H](C(=O)NC1CCCC1)N(Cc1ccc(F)cc1)C(=O)Cc1ccccc1. The average Bonchev–Trinajstić information content (AvgIpc) is 3.23. The van der Waals surface area contributed by atoms with E-state index in [2.05, 4.69) is 5.32 Å². The van der Waals surface area contributed by atoms with Crippen LogP contribution in [-0.4, -0.2) is 28.8 Å². The summed E-state index contributed by atoms with van der Waals surface area (Å²) in [5.74, 6) is -0.515. The predicted molar refractivity (Wildman–Crippen MR) is 112 cm³/mol. The summed E-state index contributed by atoms with van der Waals surface area (Å²) in [4.78, 5) is 27.8. The van der Waals surface area contributed by atoms with Crippen LogP contribution in [0.5, 0.6) is 0 Å². The van der Waals surface area contributed by atoms with Gasteiger partial charge in [-0.1, -0.05) is 62.2 Å². The molecule has 2 amide bonds. The van der Waals surface area contributed by atoms with E-state index in [0.717, 1.165) is 36.8 Å². The summed E-state index contributed by atoms with van der Waals surface area (Å²) in [7, 11) is 0. The average molecular weight is 397 g/mol. The van der Waals surface area contributed by atoms with Crippen LogP contribution in [0.3, 0.4) is 0 Å². The maximum absolute atomic E-state index is 13.3. The first-order valence-electron chi connectivity index (χ1n) is 10.4. The van der Waals surface area contributed by atoms with Crippen LogP contribution in [-0.2, 0) is 22.6 Å². The van der Waals surface area contributed by atoms with E-state index in [1.165, 1.54) is 12.1 Å². The number of halogens is 1. The Bertz CT molecular complexity index is 801. The van der Waals surface area contributed by atoms with Crippen molar-refractivity contribution in [2.24, 2.45) is 0 Å². The second-order valence-corrected chi connectivity index (χ2v) is 7.72. The molecule has 1 saturated carbocycles. The highest BCUT2D eigenvalue weighted by Crippen LogP contribution is 2.20. The van der Waals surface area contributed by atoms with Crippen LogP contribution in [0.1, 0.15) is 50.2 Å². The van der Waals surface area contributed by atoms with Crippen molar-refractivity contribution in [1.82, 2.24) is 10.2 Å². The summed E-state index contributed by atoms with van der Waals surface area (Å²) in [6.45, 7) is 2.20. The van der Waals surface area contributed by atoms with Crippen molar-refractivity contribution in [3.05, 3.63) is 71.5 Å². The molecule has 0 aromatic heterocycles. The molecule has 2 aromatic rings. The largest absolute Gasteiger partial charge is 0.352 e. The number of nitrogens with one attached hydrogen (secondary N) is 1. The molecular weight excluding hydrogens is 367 g/mol. The van der Waals surface area contributed by atoms with Gasteiger partial charge in [0.2, 0.25) is 11.8 Å². The van der Waals surface area contributed by atoms with E-state index in [0.29, 0.717) is 6.42 Å². The molecule has 1 fully saturated rings. The number of amides is 2. The zero-order chi connectivity index (χ0) is 20.6. The first-order chi connectivity index (χ1) is 14.1. The molecular formula is C24H29FN2O2. The van der Waals surface area contributed by atoms with Gasteiger partial charge in [-0.05, 0) is 42.5 Å². The fraction of sp³-hybridized carbons (Fsp3) is 0.417. The predicted octanol–water partition coefficient (Wildman–Crippen LogP) is 4.23. The second-order valence-electron chi connectivity index (χ2n) is 7.72. The summed E-state index contributed by atoms with van der Waals surface area (Å²) in [5, 5.41) is 3.13. The maximum atomic E-state index is 13.3. The fourth-order valence-electron chi connectivity index (χ4n) is 3.95. The third-order valence-electron chi connectivity index (χ3n) is 5.55. The van der Waals surface area contributed by atoms with Crippen LogP contribution >= 0.6 is 0 Å². The Kier molecular flexibility index (Phi) is 7.39. The first kappa shape index (κ1) is 21.0. The Morgan fingerprint density at radius 1 is 1.03 bits per heavy atom. The lowest BCUT2D eigenvalue weighted by Crippen LogP contribution is -2.51. The zero-order valence-electron chi connectivity index (χ0n) is 16.9. The van der Waals surface area contributed by atoms with Gasteiger partial charge in [0.25, 0.3) is 0 Å². The molecule has 4 nitrogen and oxygen atoms in total. The Morgan fingerprint density at radius 2 is 1.69 bits per heavy atom. The molecule has 1 N–H and O–H groups in total. The monoisotopic (exact) mass is 396 g/mol. The third kappa shape index (κ3) is 5.89. The van der Waals surface area contributed by atoms with E-state index >= 15 is 0 Å². The summed E-state index contributed by atoms with van der Waals surface area (Å²) < 4.78 is 13.3. The zero-order valence-corrected chi connectivity index (χ0v) is 16.9. The molecule has 2 aromatic carbocycles. The van der Waals surface area contributed by atoms with Crippen molar-refractivity contribution in [3.63, 3.8) is 0 Å². The lowest BCUT2D eigenvalue weighted by molar-refractivity contribution is -0.141. The summed E-state index contributed by atoms with van der Waals surface area (Å²) in [5.41, 5.74) is 1.72. The minimum atomic E-state index is -0.545. The highest BCUT2D eigenvalue weighted by molar-refractivity contribution is 5.88. The van der Waals surface area contributed by atoms with Crippen LogP contribution in [0.2, 0.25) is 0 Å². The molecule has 5 heteroatoms. The van der Waals surface area contributed by atoms with Gasteiger partial charge in [-0.3, -0.25) is 9.59 Å². The van der Waals surface area contributed by atoms with Gasteiger partial charge in [0.1, 0.15) is 11.9 Å². The molecule has 0 aliphatic heterocycles. The highest BCUT2D eigenvalue weighted by atomic mass is 19.1. The van der Waals surface area contributed by atoms with Gasteiger partial charge in [-0.2, -0.15) is 0 Å². The molecule has 0 unspecified atom stereocenters. The van der Waals surface area contributed by atoms with E-state index in [4.69, 9.17) is 0 Å². The molecule has 154 valence electrons. The molecule has 3 rings (SSSR count). The third-order valence-corrected chi connectivity index (χ3v) is 5.55. The summed E-state index contributed by atoms with van der Waals surface area (Å²) in [6.07, 6.45) is 5.02. The topological polar surface area (TPSA) is 49.4 Å². The molecule has 1 atom stereocenters. The Balaban J connectivity index is 1.79. The van der Waals surface area contributed by atoms with Crippen molar-refractivity contribution >= 4 is 11.8 Å². The van der Waals surface area contributed by atoms with Gasteiger partial charge in [-0.25, -0.2) is 4.39 Å². The first-order valence-corrected chi connectivity index (χ1v) is 10.4. The molecule has 0 heterocycles. The Hall–Kier alpha value is -2.69. The minimum Gasteiger partial charge on any atom is -0.352 e. The fourth-order valence-corrected chi connectivity index (χ4v) is 3.95. The van der Waals surface area contributed by atoms with Crippen molar-refractivity contribution in [2.75, 3.05) is 0 Å². The highest BCUT2D eigenvalue weighted by Gasteiger charge is 2.30. The van der Waals surface area contributed by atoms with E-state index in [1.54, 1.807) is 17.0 Å². The quantitative estimate of drug-likeness (QED) is 0.726. The number of nitrogens with zero attached hydrogens (tertiary/aromatic N) is 1. The van der Waals surface area contributed by atoms with Crippen LogP contribution in [0.25, 0.3) is 0 Å². The van der Waals surface area contributed by atoms with Crippen molar-refractivity contribution in [2.45, 2.75) is 64.1 Å². The molecule has 0 spiro atoms. The van der Waals surface area contributed by atoms with Gasteiger partial charge in [0.05, 0.1) is 6.42 Å². The van der Waals surface area contributed by atoms with Crippen LogP contribution in [0, 0.1) is 5.82 Å². The second kappa shape index (κ2) is 10.2.